The average Bonchev–Trinajstić information content (AvgIpc) is 2.76. The Labute approximate surface area is 238 Å². The molecule has 0 bridgehead atoms. The van der Waals surface area contributed by atoms with Gasteiger partial charge in [0.1, 0.15) is 5.75 Å². The summed E-state index contributed by atoms with van der Waals surface area (Å²) in [6.45, 7) is 23.2. The maximum absolute atomic E-state index is 14.7. The molecule has 0 aromatic heterocycles. The zero-order valence-corrected chi connectivity index (χ0v) is 27.1. The summed E-state index contributed by atoms with van der Waals surface area (Å²) >= 11 is 0. The van der Waals surface area contributed by atoms with Crippen molar-refractivity contribution < 1.29 is 18.8 Å². The fourth-order valence-corrected chi connectivity index (χ4v) is 8.90. The van der Waals surface area contributed by atoms with Crippen molar-refractivity contribution in [2.45, 2.75) is 142 Å². The molecule has 2 heterocycles. The Kier molecular flexibility index (Phi) is 10.4. The lowest BCUT2D eigenvalue weighted by molar-refractivity contribution is -0.283. The van der Waals surface area contributed by atoms with Crippen LogP contribution in [0.25, 0.3) is 0 Å². The number of hydrogen-bond donors (Lipinski definition) is 2. The molecular formula is C30H55N4O4P. The zero-order chi connectivity index (χ0) is 29.1. The maximum Gasteiger partial charge on any atom is 0.390 e. The van der Waals surface area contributed by atoms with Gasteiger partial charge in [0.15, 0.2) is 0 Å². The van der Waals surface area contributed by atoms with E-state index in [0.29, 0.717) is 19.0 Å². The van der Waals surface area contributed by atoms with Crippen LogP contribution >= 0.6 is 7.67 Å². The Morgan fingerprint density at radius 2 is 1.08 bits per heavy atom. The van der Waals surface area contributed by atoms with Crippen LogP contribution in [0.5, 0.6) is 5.75 Å². The van der Waals surface area contributed by atoms with E-state index in [2.05, 4.69) is 89.5 Å². The summed E-state index contributed by atoms with van der Waals surface area (Å²) in [5, 5.41) is 11.3. The molecule has 0 unspecified atom stereocenters. The van der Waals surface area contributed by atoms with Crippen LogP contribution in [-0.2, 0) is 14.2 Å². The first kappa shape index (κ1) is 32.5. The molecule has 2 fully saturated rings. The molecule has 0 saturated carbocycles. The first-order chi connectivity index (χ1) is 18.0. The standard InChI is InChI=1S/C30H55N4O4P/c1-11-18-36-33-27(3,4)20-24(21-28(33,5)6)31-39(35,38-26-16-14-13-15-17-26)32-25-22-29(7,8)34(37-19-12-2)30(9,10)23-25/h13-17,24-25H,11-12,18-23H2,1-10H3,(H2,31,32,35). The van der Waals surface area contributed by atoms with Crippen molar-refractivity contribution in [2.24, 2.45) is 0 Å². The predicted molar refractivity (Wildman–Crippen MR) is 159 cm³/mol. The van der Waals surface area contributed by atoms with Crippen LogP contribution in [0.4, 0.5) is 0 Å². The minimum Gasteiger partial charge on any atom is -0.422 e. The lowest BCUT2D eigenvalue weighted by Gasteiger charge is -2.55. The van der Waals surface area contributed by atoms with E-state index in [1.165, 1.54) is 0 Å². The molecule has 1 aromatic rings. The molecule has 0 aliphatic carbocycles. The molecule has 39 heavy (non-hydrogen) atoms. The molecule has 8 nitrogen and oxygen atoms in total. The van der Waals surface area contributed by atoms with Gasteiger partial charge >= 0.3 is 7.67 Å². The van der Waals surface area contributed by atoms with Gasteiger partial charge in [-0.25, -0.2) is 14.7 Å². The summed E-state index contributed by atoms with van der Waals surface area (Å²) in [6, 6.07) is 9.43. The van der Waals surface area contributed by atoms with E-state index in [-0.39, 0.29) is 34.2 Å². The molecule has 1 aromatic carbocycles. The fraction of sp³-hybridized carbons (Fsp3) is 0.800. The molecule has 0 amide bonds. The Morgan fingerprint density at radius 3 is 1.41 bits per heavy atom. The van der Waals surface area contributed by atoms with Crippen LogP contribution in [0.3, 0.4) is 0 Å². The van der Waals surface area contributed by atoms with Crippen molar-refractivity contribution in [3.05, 3.63) is 30.3 Å². The zero-order valence-electron chi connectivity index (χ0n) is 26.2. The predicted octanol–water partition coefficient (Wildman–Crippen LogP) is 7.08. The molecule has 0 radical (unpaired) electrons. The molecule has 2 aliphatic heterocycles. The number of benzene rings is 1. The smallest absolute Gasteiger partial charge is 0.390 e. The van der Waals surface area contributed by atoms with Crippen LogP contribution in [0, 0.1) is 0 Å². The number of hydrogen-bond acceptors (Lipinski definition) is 6. The molecule has 2 saturated heterocycles. The second-order valence-electron chi connectivity index (χ2n) is 13.9. The molecule has 0 atom stereocenters. The summed E-state index contributed by atoms with van der Waals surface area (Å²) in [4.78, 5) is 12.4. The van der Waals surface area contributed by atoms with E-state index < -0.39 is 7.67 Å². The van der Waals surface area contributed by atoms with E-state index in [1.54, 1.807) is 0 Å². The molecule has 224 valence electrons. The van der Waals surface area contributed by atoms with Crippen LogP contribution in [0.1, 0.15) is 108 Å². The maximum atomic E-state index is 14.7. The molecule has 2 N–H and O–H groups in total. The Balaban J connectivity index is 1.85. The average molecular weight is 567 g/mol. The van der Waals surface area contributed by atoms with Gasteiger partial charge in [0.2, 0.25) is 0 Å². The monoisotopic (exact) mass is 566 g/mol. The van der Waals surface area contributed by atoms with Crippen molar-refractivity contribution in [1.82, 2.24) is 20.3 Å². The van der Waals surface area contributed by atoms with Gasteiger partial charge in [0, 0.05) is 34.2 Å². The van der Waals surface area contributed by atoms with Gasteiger partial charge in [-0.05, 0) is 106 Å². The van der Waals surface area contributed by atoms with Crippen LogP contribution < -0.4 is 14.7 Å². The van der Waals surface area contributed by atoms with Gasteiger partial charge in [-0.1, -0.05) is 32.0 Å². The quantitative estimate of drug-likeness (QED) is 0.260. The molecule has 0 spiro atoms. The summed E-state index contributed by atoms with van der Waals surface area (Å²) in [5.74, 6) is 0.588. The fourth-order valence-electron chi connectivity index (χ4n) is 6.97. The third-order valence-electron chi connectivity index (χ3n) is 7.71. The highest BCUT2D eigenvalue weighted by molar-refractivity contribution is 7.55. The summed E-state index contributed by atoms with van der Waals surface area (Å²) in [5.41, 5.74) is -0.952. The second kappa shape index (κ2) is 12.5. The van der Waals surface area contributed by atoms with Crippen molar-refractivity contribution in [3.8, 4) is 5.75 Å². The third-order valence-corrected chi connectivity index (χ3v) is 9.59. The Morgan fingerprint density at radius 1 is 0.718 bits per heavy atom. The number of piperidine rings is 2. The van der Waals surface area contributed by atoms with Crippen LogP contribution in [-0.4, -0.2) is 57.6 Å². The summed E-state index contributed by atoms with van der Waals surface area (Å²) in [7, 11) is -3.50. The third kappa shape index (κ3) is 8.28. The highest BCUT2D eigenvalue weighted by atomic mass is 31.2. The van der Waals surface area contributed by atoms with Gasteiger partial charge in [0.05, 0.1) is 13.2 Å². The molecule has 2 aliphatic rings. The van der Waals surface area contributed by atoms with Gasteiger partial charge in [-0.15, -0.1) is 0 Å². The minimum absolute atomic E-state index is 0.0208. The van der Waals surface area contributed by atoms with Crippen molar-refractivity contribution in [1.29, 1.82) is 0 Å². The summed E-state index contributed by atoms with van der Waals surface area (Å²) < 4.78 is 21.0. The van der Waals surface area contributed by atoms with E-state index in [1.807, 2.05) is 30.3 Å². The van der Waals surface area contributed by atoms with Crippen molar-refractivity contribution >= 4 is 7.67 Å². The van der Waals surface area contributed by atoms with Gasteiger partial charge in [0.25, 0.3) is 0 Å². The van der Waals surface area contributed by atoms with E-state index in [0.717, 1.165) is 38.5 Å². The second-order valence-corrected chi connectivity index (χ2v) is 15.7. The lowest BCUT2D eigenvalue weighted by Crippen LogP contribution is -2.64. The normalized spacial score (nSPS) is 24.1. The van der Waals surface area contributed by atoms with Gasteiger partial charge < -0.3 is 4.52 Å². The molecule has 9 heteroatoms. The van der Waals surface area contributed by atoms with Crippen molar-refractivity contribution in [3.63, 3.8) is 0 Å². The number of hydroxylamine groups is 4. The highest BCUT2D eigenvalue weighted by Gasteiger charge is 2.51. The highest BCUT2D eigenvalue weighted by Crippen LogP contribution is 2.48. The first-order valence-electron chi connectivity index (χ1n) is 14.8. The Bertz CT molecular complexity index is 879. The Hall–Kier alpha value is -0.990. The number of nitrogens with one attached hydrogen (secondary N) is 2. The topological polar surface area (TPSA) is 75.3 Å². The van der Waals surface area contributed by atoms with Gasteiger partial charge in [-0.2, -0.15) is 10.1 Å². The van der Waals surface area contributed by atoms with Crippen molar-refractivity contribution in [2.75, 3.05) is 13.2 Å². The lowest BCUT2D eigenvalue weighted by atomic mass is 9.79. The molecule has 3 rings (SSSR count). The van der Waals surface area contributed by atoms with Gasteiger partial charge in [-0.3, -0.25) is 9.68 Å². The number of rotatable bonds is 12. The van der Waals surface area contributed by atoms with E-state index >= 15 is 0 Å². The minimum atomic E-state index is -3.50. The van der Waals surface area contributed by atoms with E-state index in [4.69, 9.17) is 14.2 Å². The van der Waals surface area contributed by atoms with E-state index in [9.17, 15) is 4.57 Å². The number of nitrogens with zero attached hydrogens (tertiary/aromatic N) is 2. The first-order valence-corrected chi connectivity index (χ1v) is 16.4. The molecular weight excluding hydrogens is 511 g/mol. The summed E-state index contributed by atoms with van der Waals surface area (Å²) in [6.07, 6.45) is 5.05. The van der Waals surface area contributed by atoms with Crippen LogP contribution in [0.2, 0.25) is 0 Å². The SMILES string of the molecule is CCCON1C(C)(C)CC(NP(=O)(NC2CC(C)(C)N(OCCC)C(C)(C)C2)Oc2ccccc2)CC1(C)C. The van der Waals surface area contributed by atoms with Crippen LogP contribution in [0.15, 0.2) is 30.3 Å². The number of para-hydroxylation sites is 1. The largest absolute Gasteiger partial charge is 0.422 e.